The van der Waals surface area contributed by atoms with Crippen LogP contribution in [0.5, 0.6) is 11.5 Å². The summed E-state index contributed by atoms with van der Waals surface area (Å²) < 4.78 is 14.3. The molecule has 0 spiro atoms. The van der Waals surface area contributed by atoms with Crippen LogP contribution in [0.25, 0.3) is 11.2 Å². The summed E-state index contributed by atoms with van der Waals surface area (Å²) in [5.41, 5.74) is 0.352. The highest BCUT2D eigenvalue weighted by atomic mass is 16.7. The molecule has 0 unspecified atom stereocenters. The Bertz CT molecular complexity index is 1170. The predicted molar refractivity (Wildman–Crippen MR) is 94.6 cm³/mol. The number of aromatic nitrogens is 4. The minimum atomic E-state index is -0.492. The van der Waals surface area contributed by atoms with Gasteiger partial charge in [0.1, 0.15) is 6.54 Å². The molecule has 10 heteroatoms. The molecule has 3 aromatic rings. The van der Waals surface area contributed by atoms with Crippen molar-refractivity contribution in [2.75, 3.05) is 6.79 Å². The Morgan fingerprint density at radius 3 is 2.78 bits per heavy atom. The van der Waals surface area contributed by atoms with E-state index in [1.807, 2.05) is 6.07 Å². The largest absolute Gasteiger partial charge is 0.454 e. The van der Waals surface area contributed by atoms with Gasteiger partial charge in [0.2, 0.25) is 12.7 Å². The van der Waals surface area contributed by atoms with Gasteiger partial charge < -0.3 is 19.4 Å². The number of ether oxygens (including phenoxy) is 2. The van der Waals surface area contributed by atoms with Crippen molar-refractivity contribution >= 4 is 17.1 Å². The predicted octanol–water partition coefficient (Wildman–Crippen LogP) is -0.521. The van der Waals surface area contributed by atoms with E-state index >= 15 is 0 Å². The lowest BCUT2D eigenvalue weighted by Crippen LogP contribution is -2.38. The second kappa shape index (κ2) is 6.31. The Kier molecular flexibility index (Phi) is 3.94. The van der Waals surface area contributed by atoms with Gasteiger partial charge in [-0.2, -0.15) is 0 Å². The van der Waals surface area contributed by atoms with Crippen LogP contribution in [-0.4, -0.2) is 31.4 Å². The van der Waals surface area contributed by atoms with Crippen molar-refractivity contribution in [2.24, 2.45) is 14.1 Å². The second-order valence-corrected chi connectivity index (χ2v) is 6.21. The lowest BCUT2D eigenvalue weighted by atomic mass is 10.2. The summed E-state index contributed by atoms with van der Waals surface area (Å²) in [4.78, 5) is 40.7. The first-order valence-electron chi connectivity index (χ1n) is 8.22. The number of carbonyl (C=O) groups is 1. The van der Waals surface area contributed by atoms with Crippen LogP contribution in [-0.2, 0) is 32.0 Å². The molecule has 0 bridgehead atoms. The average Bonchev–Trinajstić information content (AvgIpc) is 3.29. The van der Waals surface area contributed by atoms with E-state index in [9.17, 15) is 14.4 Å². The van der Waals surface area contributed by atoms with Crippen LogP contribution in [0.4, 0.5) is 0 Å². The zero-order valence-corrected chi connectivity index (χ0v) is 14.8. The van der Waals surface area contributed by atoms with E-state index in [2.05, 4.69) is 10.3 Å². The van der Waals surface area contributed by atoms with E-state index in [4.69, 9.17) is 9.47 Å². The molecule has 3 heterocycles. The molecule has 0 atom stereocenters. The summed E-state index contributed by atoms with van der Waals surface area (Å²) in [6.07, 6.45) is 1.38. The van der Waals surface area contributed by atoms with Crippen LogP contribution < -0.4 is 26.0 Å². The minimum absolute atomic E-state index is 0.0888. The highest BCUT2D eigenvalue weighted by Gasteiger charge is 2.16. The molecule has 1 aromatic carbocycles. The van der Waals surface area contributed by atoms with Crippen LogP contribution in [0, 0.1) is 0 Å². The van der Waals surface area contributed by atoms with Crippen molar-refractivity contribution in [3.8, 4) is 11.5 Å². The summed E-state index contributed by atoms with van der Waals surface area (Å²) in [6, 6.07) is 5.43. The second-order valence-electron chi connectivity index (χ2n) is 6.21. The van der Waals surface area contributed by atoms with E-state index in [0.717, 1.165) is 10.1 Å². The van der Waals surface area contributed by atoms with Gasteiger partial charge >= 0.3 is 5.69 Å². The Morgan fingerprint density at radius 1 is 1.19 bits per heavy atom. The first kappa shape index (κ1) is 16.9. The van der Waals surface area contributed by atoms with Crippen molar-refractivity contribution in [1.82, 2.24) is 24.0 Å². The third-order valence-electron chi connectivity index (χ3n) is 4.46. The third kappa shape index (κ3) is 2.84. The zero-order chi connectivity index (χ0) is 19.1. The van der Waals surface area contributed by atoms with Crippen LogP contribution in [0.15, 0.2) is 34.1 Å². The monoisotopic (exact) mass is 371 g/mol. The van der Waals surface area contributed by atoms with Crippen molar-refractivity contribution in [3.63, 3.8) is 0 Å². The van der Waals surface area contributed by atoms with Gasteiger partial charge in [-0.3, -0.25) is 18.7 Å². The lowest BCUT2D eigenvalue weighted by Gasteiger charge is -2.08. The molecule has 1 N–H and O–H groups in total. The van der Waals surface area contributed by atoms with Crippen LogP contribution in [0.3, 0.4) is 0 Å². The summed E-state index contributed by atoms with van der Waals surface area (Å²) >= 11 is 0. The normalized spacial score (nSPS) is 12.5. The molecule has 4 rings (SSSR count). The summed E-state index contributed by atoms with van der Waals surface area (Å²) in [5, 5.41) is 2.79. The number of rotatable bonds is 4. The van der Waals surface area contributed by atoms with Gasteiger partial charge in [-0.05, 0) is 17.7 Å². The SMILES string of the molecule is Cn1c(=O)c2c(ncn2CC(=O)NCc2ccc3c(c2)OCO3)n(C)c1=O. The number of imidazole rings is 1. The molecule has 0 aliphatic carbocycles. The molecule has 0 radical (unpaired) electrons. The van der Waals surface area contributed by atoms with E-state index in [0.29, 0.717) is 18.0 Å². The Balaban J connectivity index is 1.52. The van der Waals surface area contributed by atoms with Crippen molar-refractivity contribution in [2.45, 2.75) is 13.1 Å². The van der Waals surface area contributed by atoms with Crippen molar-refractivity contribution in [1.29, 1.82) is 0 Å². The first-order valence-corrected chi connectivity index (χ1v) is 8.22. The van der Waals surface area contributed by atoms with E-state index in [-0.39, 0.29) is 30.4 Å². The van der Waals surface area contributed by atoms with Gasteiger partial charge in [-0.15, -0.1) is 0 Å². The Hall–Kier alpha value is -3.56. The van der Waals surface area contributed by atoms with Crippen LogP contribution >= 0.6 is 0 Å². The number of nitrogens with zero attached hydrogens (tertiary/aromatic N) is 4. The molecular formula is C17H17N5O5. The number of nitrogens with one attached hydrogen (secondary N) is 1. The number of fused-ring (bicyclic) bond motifs is 2. The number of hydrogen-bond acceptors (Lipinski definition) is 6. The third-order valence-corrected chi connectivity index (χ3v) is 4.46. The fourth-order valence-electron chi connectivity index (χ4n) is 2.98. The summed E-state index contributed by atoms with van der Waals surface area (Å²) in [6.45, 7) is 0.406. The average molecular weight is 371 g/mol. The molecule has 0 saturated heterocycles. The fourth-order valence-corrected chi connectivity index (χ4v) is 2.98. The minimum Gasteiger partial charge on any atom is -0.454 e. The van der Waals surface area contributed by atoms with Crippen LogP contribution in [0.1, 0.15) is 5.56 Å². The van der Waals surface area contributed by atoms with Gasteiger partial charge in [-0.1, -0.05) is 6.07 Å². The van der Waals surface area contributed by atoms with Gasteiger partial charge in [-0.25, -0.2) is 9.78 Å². The molecule has 140 valence electrons. The molecule has 0 saturated carbocycles. The van der Waals surface area contributed by atoms with Gasteiger partial charge in [0, 0.05) is 20.6 Å². The van der Waals surface area contributed by atoms with Gasteiger partial charge in [0.05, 0.1) is 6.33 Å². The molecule has 27 heavy (non-hydrogen) atoms. The number of benzene rings is 1. The van der Waals surface area contributed by atoms with Crippen molar-refractivity contribution < 1.29 is 14.3 Å². The van der Waals surface area contributed by atoms with Crippen LogP contribution in [0.2, 0.25) is 0 Å². The molecule has 1 aliphatic heterocycles. The number of aryl methyl sites for hydroxylation is 1. The van der Waals surface area contributed by atoms with E-state index in [1.54, 1.807) is 12.1 Å². The topological polar surface area (TPSA) is 109 Å². The smallest absolute Gasteiger partial charge is 0.332 e. The number of hydrogen-bond donors (Lipinski definition) is 1. The maximum absolute atomic E-state index is 12.4. The number of carbonyl (C=O) groups excluding carboxylic acids is 1. The zero-order valence-electron chi connectivity index (χ0n) is 14.8. The highest BCUT2D eigenvalue weighted by Crippen LogP contribution is 2.32. The summed E-state index contributed by atoms with van der Waals surface area (Å²) in [7, 11) is 2.92. The van der Waals surface area contributed by atoms with Crippen molar-refractivity contribution in [3.05, 3.63) is 50.9 Å². The maximum Gasteiger partial charge on any atom is 0.332 e. The summed E-state index contributed by atoms with van der Waals surface area (Å²) in [5.74, 6) is 1.03. The maximum atomic E-state index is 12.4. The molecule has 1 amide bonds. The molecule has 10 nitrogen and oxygen atoms in total. The molecule has 0 fully saturated rings. The highest BCUT2D eigenvalue weighted by molar-refractivity contribution is 5.78. The molecule has 2 aromatic heterocycles. The Labute approximate surface area is 152 Å². The van der Waals surface area contributed by atoms with Gasteiger partial charge in [0.25, 0.3) is 5.56 Å². The quantitative estimate of drug-likeness (QED) is 0.661. The number of amides is 1. The molecule has 1 aliphatic rings. The van der Waals surface area contributed by atoms with E-state index < -0.39 is 11.2 Å². The Morgan fingerprint density at radius 2 is 1.96 bits per heavy atom. The first-order chi connectivity index (χ1) is 13.0. The lowest BCUT2D eigenvalue weighted by molar-refractivity contribution is -0.121. The van der Waals surface area contributed by atoms with Gasteiger partial charge in [0.15, 0.2) is 22.7 Å². The fraction of sp³-hybridized carbons (Fsp3) is 0.294. The molecular weight excluding hydrogens is 354 g/mol. The standard InChI is InChI=1S/C17H17N5O5/c1-20-15-14(16(24)21(2)17(20)25)22(8-19-15)7-13(23)18-6-10-3-4-11-12(5-10)27-9-26-11/h3-5,8H,6-7,9H2,1-2H3,(H,18,23). The van der Waals surface area contributed by atoms with E-state index in [1.165, 1.54) is 29.6 Å².